The lowest BCUT2D eigenvalue weighted by atomic mass is 10.1. The van der Waals surface area contributed by atoms with Crippen molar-refractivity contribution in [1.29, 1.82) is 0 Å². The van der Waals surface area contributed by atoms with Crippen LogP contribution in [0.15, 0.2) is 41.3 Å². The van der Waals surface area contributed by atoms with Crippen LogP contribution in [0, 0.1) is 0 Å². The summed E-state index contributed by atoms with van der Waals surface area (Å²) in [4.78, 5) is 26.4. The van der Waals surface area contributed by atoms with E-state index in [0.717, 1.165) is 11.3 Å². The summed E-state index contributed by atoms with van der Waals surface area (Å²) in [5, 5.41) is 1.08. The Hall–Kier alpha value is -1.49. The number of anilines is 1. The fraction of sp³-hybridized carbons (Fsp3) is 0.176. The van der Waals surface area contributed by atoms with Crippen LogP contribution in [0.4, 0.5) is 5.69 Å². The summed E-state index contributed by atoms with van der Waals surface area (Å²) in [7, 11) is 1.74. The van der Waals surface area contributed by atoms with Crippen LogP contribution in [0.5, 0.6) is 0 Å². The lowest BCUT2D eigenvalue weighted by molar-refractivity contribution is -0.117. The van der Waals surface area contributed by atoms with Gasteiger partial charge in [0.15, 0.2) is 5.78 Å². The number of benzene rings is 2. The van der Waals surface area contributed by atoms with Gasteiger partial charge in [-0.3, -0.25) is 9.59 Å². The molecule has 1 amide bonds. The molecule has 0 N–H and O–H groups in total. The van der Waals surface area contributed by atoms with Crippen molar-refractivity contribution in [2.24, 2.45) is 0 Å². The highest BCUT2D eigenvalue weighted by Gasteiger charge is 2.24. The number of halogens is 2. The maximum atomic E-state index is 12.4. The number of amides is 1. The van der Waals surface area contributed by atoms with Crippen molar-refractivity contribution in [3.8, 4) is 0 Å². The Morgan fingerprint density at radius 3 is 2.61 bits per heavy atom. The number of carbonyl (C=O) groups is 2. The molecule has 2 aromatic carbocycles. The smallest absolute Gasteiger partial charge is 0.231 e. The second-order valence-electron chi connectivity index (χ2n) is 5.24. The maximum absolute atomic E-state index is 12.4. The predicted octanol–water partition coefficient (Wildman–Crippen LogP) is 4.49. The molecule has 0 unspecified atom stereocenters. The van der Waals surface area contributed by atoms with E-state index in [-0.39, 0.29) is 17.4 Å². The van der Waals surface area contributed by atoms with Gasteiger partial charge in [0.2, 0.25) is 5.91 Å². The predicted molar refractivity (Wildman–Crippen MR) is 95.1 cm³/mol. The van der Waals surface area contributed by atoms with Crippen molar-refractivity contribution < 1.29 is 9.59 Å². The Labute approximate surface area is 148 Å². The van der Waals surface area contributed by atoms with Gasteiger partial charge in [-0.1, -0.05) is 29.3 Å². The van der Waals surface area contributed by atoms with Gasteiger partial charge < -0.3 is 4.90 Å². The molecule has 1 aliphatic rings. The molecule has 0 saturated heterocycles. The first kappa shape index (κ1) is 16.4. The molecular weight excluding hydrogens is 353 g/mol. The minimum atomic E-state index is -0.0178. The van der Waals surface area contributed by atoms with E-state index in [1.165, 1.54) is 11.8 Å². The minimum Gasteiger partial charge on any atom is -0.315 e. The zero-order valence-electron chi connectivity index (χ0n) is 12.3. The third-order valence-corrected chi connectivity index (χ3v) is 5.73. The number of thioether (sulfide) groups is 1. The van der Waals surface area contributed by atoms with Gasteiger partial charge >= 0.3 is 0 Å². The van der Waals surface area contributed by atoms with Crippen LogP contribution in [0.1, 0.15) is 15.9 Å². The van der Waals surface area contributed by atoms with Gasteiger partial charge in [0.1, 0.15) is 0 Å². The summed E-state index contributed by atoms with van der Waals surface area (Å²) >= 11 is 13.5. The first-order chi connectivity index (χ1) is 11.0. The third-order valence-electron chi connectivity index (χ3n) is 3.75. The van der Waals surface area contributed by atoms with E-state index in [9.17, 15) is 9.59 Å². The van der Waals surface area contributed by atoms with E-state index in [1.54, 1.807) is 42.3 Å². The summed E-state index contributed by atoms with van der Waals surface area (Å²) < 4.78 is 0. The summed E-state index contributed by atoms with van der Waals surface area (Å²) in [5.74, 6) is 0.268. The number of ketones is 1. The quantitative estimate of drug-likeness (QED) is 0.591. The monoisotopic (exact) mass is 365 g/mol. The largest absolute Gasteiger partial charge is 0.315 e. The number of likely N-dealkylation sites (N-methyl/N-ethyl adjacent to an activating group) is 1. The highest BCUT2D eigenvalue weighted by molar-refractivity contribution is 8.00. The Bertz CT molecular complexity index is 787. The lowest BCUT2D eigenvalue weighted by Crippen LogP contribution is -2.20. The number of nitrogens with zero attached hydrogens (tertiary/aromatic N) is 1. The Balaban J connectivity index is 1.75. The number of hydrogen-bond donors (Lipinski definition) is 0. The van der Waals surface area contributed by atoms with Gasteiger partial charge in [0.25, 0.3) is 0 Å². The third kappa shape index (κ3) is 3.25. The molecule has 2 aromatic rings. The molecule has 0 radical (unpaired) electrons. The molecule has 0 saturated carbocycles. The van der Waals surface area contributed by atoms with E-state index in [1.807, 2.05) is 6.07 Å². The normalized spacial score (nSPS) is 13.3. The molecule has 1 aliphatic heterocycles. The summed E-state index contributed by atoms with van der Waals surface area (Å²) in [5.41, 5.74) is 2.36. The van der Waals surface area contributed by atoms with E-state index in [2.05, 4.69) is 0 Å². The van der Waals surface area contributed by atoms with Crippen molar-refractivity contribution >= 4 is 52.3 Å². The molecule has 0 bridgehead atoms. The Morgan fingerprint density at radius 1 is 1.22 bits per heavy atom. The Morgan fingerprint density at radius 2 is 1.91 bits per heavy atom. The van der Waals surface area contributed by atoms with Crippen molar-refractivity contribution in [1.82, 2.24) is 0 Å². The zero-order chi connectivity index (χ0) is 16.6. The van der Waals surface area contributed by atoms with Crippen LogP contribution in [0.2, 0.25) is 10.0 Å². The SMILES string of the molecule is CN1C(=O)Cc2cc(C(=O)CSc3c(Cl)cccc3Cl)ccc21. The first-order valence-corrected chi connectivity index (χ1v) is 8.71. The molecular formula is C17H13Cl2NO2S. The van der Waals surface area contributed by atoms with Gasteiger partial charge in [-0.25, -0.2) is 0 Å². The molecule has 0 aromatic heterocycles. The lowest BCUT2D eigenvalue weighted by Gasteiger charge is -2.10. The topological polar surface area (TPSA) is 37.4 Å². The molecule has 23 heavy (non-hydrogen) atoms. The van der Waals surface area contributed by atoms with Crippen LogP contribution in [0.25, 0.3) is 0 Å². The molecule has 118 valence electrons. The van der Waals surface area contributed by atoms with E-state index >= 15 is 0 Å². The van der Waals surface area contributed by atoms with Crippen molar-refractivity contribution in [3.05, 3.63) is 57.6 Å². The fourth-order valence-corrected chi connectivity index (χ4v) is 4.06. The van der Waals surface area contributed by atoms with Crippen LogP contribution in [-0.4, -0.2) is 24.5 Å². The molecule has 0 atom stereocenters. The number of hydrogen-bond acceptors (Lipinski definition) is 3. The number of carbonyl (C=O) groups excluding carboxylic acids is 2. The molecule has 0 spiro atoms. The molecule has 3 rings (SSSR count). The van der Waals surface area contributed by atoms with Gasteiger partial charge in [0.05, 0.1) is 22.2 Å². The van der Waals surface area contributed by atoms with Crippen molar-refractivity contribution in [2.45, 2.75) is 11.3 Å². The standard InChI is InChI=1S/C17H13Cl2NO2S/c1-20-14-6-5-10(7-11(14)8-16(20)22)15(21)9-23-17-12(18)3-2-4-13(17)19/h2-7H,8-9H2,1H3. The van der Waals surface area contributed by atoms with E-state index in [0.29, 0.717) is 26.9 Å². The molecule has 0 fully saturated rings. The molecule has 0 aliphatic carbocycles. The summed E-state index contributed by atoms with van der Waals surface area (Å²) in [6.45, 7) is 0. The summed E-state index contributed by atoms with van der Waals surface area (Å²) in [6, 6.07) is 10.6. The van der Waals surface area contributed by atoms with E-state index < -0.39 is 0 Å². The number of rotatable bonds is 4. The highest BCUT2D eigenvalue weighted by atomic mass is 35.5. The van der Waals surface area contributed by atoms with Gasteiger partial charge in [0, 0.05) is 23.2 Å². The van der Waals surface area contributed by atoms with Crippen LogP contribution < -0.4 is 4.90 Å². The molecule has 1 heterocycles. The van der Waals surface area contributed by atoms with Gasteiger partial charge in [-0.05, 0) is 35.9 Å². The Kier molecular flexibility index (Phi) is 4.67. The van der Waals surface area contributed by atoms with Crippen molar-refractivity contribution in [2.75, 3.05) is 17.7 Å². The molecule has 3 nitrogen and oxygen atoms in total. The van der Waals surface area contributed by atoms with Crippen LogP contribution in [0.3, 0.4) is 0 Å². The summed E-state index contributed by atoms with van der Waals surface area (Å²) in [6.07, 6.45) is 0.344. The van der Waals surface area contributed by atoms with Crippen LogP contribution >= 0.6 is 35.0 Å². The highest BCUT2D eigenvalue weighted by Crippen LogP contribution is 2.34. The average Bonchev–Trinajstić information content (AvgIpc) is 2.81. The second kappa shape index (κ2) is 6.56. The van der Waals surface area contributed by atoms with E-state index in [4.69, 9.17) is 23.2 Å². The average molecular weight is 366 g/mol. The fourth-order valence-electron chi connectivity index (χ4n) is 2.49. The van der Waals surface area contributed by atoms with Crippen LogP contribution in [-0.2, 0) is 11.2 Å². The number of Topliss-reactive ketones (excluding diaryl/α,β-unsaturated/α-hetero) is 1. The maximum Gasteiger partial charge on any atom is 0.231 e. The van der Waals surface area contributed by atoms with Crippen molar-refractivity contribution in [3.63, 3.8) is 0 Å². The number of fused-ring (bicyclic) bond motifs is 1. The first-order valence-electron chi connectivity index (χ1n) is 6.97. The van der Waals surface area contributed by atoms with Gasteiger partial charge in [-0.15, -0.1) is 11.8 Å². The van der Waals surface area contributed by atoms with Gasteiger partial charge in [-0.2, -0.15) is 0 Å². The second-order valence-corrected chi connectivity index (χ2v) is 7.04. The zero-order valence-corrected chi connectivity index (χ0v) is 14.6. The minimum absolute atomic E-state index is 0.0178. The molecule has 6 heteroatoms.